The zero-order chi connectivity index (χ0) is 9.40. The first-order chi connectivity index (χ1) is 5.70. The molecule has 0 aliphatic carbocycles. The molecule has 0 aliphatic heterocycles. The number of hydrogen-bond acceptors (Lipinski definition) is 3. The van der Waals surface area contributed by atoms with Crippen LogP contribution in [0.3, 0.4) is 0 Å². The van der Waals surface area contributed by atoms with Gasteiger partial charge in [-0.25, -0.2) is 0 Å². The SMILES string of the molecule is COC(OC)[SiH2]OCCC(C)C. The van der Waals surface area contributed by atoms with Gasteiger partial charge in [-0.1, -0.05) is 13.8 Å². The van der Waals surface area contributed by atoms with Gasteiger partial charge in [0, 0.05) is 20.8 Å². The van der Waals surface area contributed by atoms with Crippen molar-refractivity contribution in [3.8, 4) is 0 Å². The van der Waals surface area contributed by atoms with E-state index < -0.39 is 9.76 Å². The van der Waals surface area contributed by atoms with Crippen LogP contribution in [0, 0.1) is 5.92 Å². The molecule has 0 aromatic carbocycles. The second kappa shape index (κ2) is 7.73. The Morgan fingerprint density at radius 3 is 2.17 bits per heavy atom. The lowest BCUT2D eigenvalue weighted by Crippen LogP contribution is -2.24. The van der Waals surface area contributed by atoms with Crippen molar-refractivity contribution in [2.45, 2.75) is 26.2 Å². The van der Waals surface area contributed by atoms with Gasteiger partial charge >= 0.3 is 0 Å². The summed E-state index contributed by atoms with van der Waals surface area (Å²) >= 11 is 0. The predicted octanol–water partition coefficient (Wildman–Crippen LogP) is 0.709. The number of rotatable bonds is 7. The normalized spacial score (nSPS) is 12.5. The summed E-state index contributed by atoms with van der Waals surface area (Å²) < 4.78 is 15.5. The van der Waals surface area contributed by atoms with E-state index in [9.17, 15) is 0 Å². The molecule has 0 unspecified atom stereocenters. The highest BCUT2D eigenvalue weighted by molar-refractivity contribution is 6.28. The quantitative estimate of drug-likeness (QED) is 0.338. The fraction of sp³-hybridized carbons (Fsp3) is 1.00. The summed E-state index contributed by atoms with van der Waals surface area (Å²) in [5.41, 5.74) is 0. The molecule has 0 atom stereocenters. The summed E-state index contributed by atoms with van der Waals surface area (Å²) in [4.78, 5) is 0. The number of hydrogen-bond donors (Lipinski definition) is 0. The first kappa shape index (κ1) is 12.1. The van der Waals surface area contributed by atoms with Gasteiger partial charge in [-0.05, 0) is 12.3 Å². The third-order valence-electron chi connectivity index (χ3n) is 1.62. The van der Waals surface area contributed by atoms with Crippen LogP contribution in [0.4, 0.5) is 0 Å². The van der Waals surface area contributed by atoms with Crippen molar-refractivity contribution in [3.05, 3.63) is 0 Å². The molecular weight excluding hydrogens is 172 g/mol. The maximum absolute atomic E-state index is 5.48. The first-order valence-corrected chi connectivity index (χ1v) is 5.73. The van der Waals surface area contributed by atoms with E-state index in [1.165, 1.54) is 0 Å². The fourth-order valence-electron chi connectivity index (χ4n) is 0.731. The molecule has 0 heterocycles. The van der Waals surface area contributed by atoms with Crippen LogP contribution < -0.4 is 0 Å². The Kier molecular flexibility index (Phi) is 7.79. The van der Waals surface area contributed by atoms with Crippen molar-refractivity contribution in [1.29, 1.82) is 0 Å². The highest BCUT2D eigenvalue weighted by Gasteiger charge is 2.05. The van der Waals surface area contributed by atoms with E-state index in [1.807, 2.05) is 0 Å². The predicted molar refractivity (Wildman–Crippen MR) is 51.8 cm³/mol. The van der Waals surface area contributed by atoms with Gasteiger partial charge in [0.15, 0.2) is 5.91 Å². The van der Waals surface area contributed by atoms with E-state index in [1.54, 1.807) is 14.2 Å². The average molecular weight is 192 g/mol. The minimum absolute atomic E-state index is 0.0860. The zero-order valence-corrected chi connectivity index (χ0v) is 9.91. The molecule has 0 rings (SSSR count). The third kappa shape index (κ3) is 6.79. The van der Waals surface area contributed by atoms with Crippen molar-refractivity contribution in [3.63, 3.8) is 0 Å². The molecule has 0 aromatic heterocycles. The largest absolute Gasteiger partial charge is 0.418 e. The van der Waals surface area contributed by atoms with E-state index in [-0.39, 0.29) is 5.91 Å². The lowest BCUT2D eigenvalue weighted by Gasteiger charge is -2.13. The Bertz CT molecular complexity index is 94.3. The summed E-state index contributed by atoms with van der Waals surface area (Å²) in [6.45, 7) is 5.22. The first-order valence-electron chi connectivity index (χ1n) is 4.34. The lowest BCUT2D eigenvalue weighted by atomic mass is 10.2. The molecule has 0 saturated carbocycles. The molecule has 4 heteroatoms. The van der Waals surface area contributed by atoms with Gasteiger partial charge < -0.3 is 13.9 Å². The van der Waals surface area contributed by atoms with Gasteiger partial charge in [0.2, 0.25) is 9.76 Å². The third-order valence-corrected chi connectivity index (χ3v) is 3.08. The van der Waals surface area contributed by atoms with Gasteiger partial charge in [-0.15, -0.1) is 0 Å². The highest BCUT2D eigenvalue weighted by Crippen LogP contribution is 1.99. The molecule has 3 nitrogen and oxygen atoms in total. The van der Waals surface area contributed by atoms with E-state index in [0.717, 1.165) is 13.0 Å². The van der Waals surface area contributed by atoms with Gasteiger partial charge in [0.25, 0.3) is 0 Å². The molecule has 0 aliphatic rings. The Morgan fingerprint density at radius 2 is 1.75 bits per heavy atom. The molecule has 0 spiro atoms. The Labute approximate surface area is 77.3 Å². The number of ether oxygens (including phenoxy) is 2. The van der Waals surface area contributed by atoms with Gasteiger partial charge in [0.05, 0.1) is 0 Å². The maximum Gasteiger partial charge on any atom is 0.223 e. The smallest absolute Gasteiger partial charge is 0.223 e. The Morgan fingerprint density at radius 1 is 1.17 bits per heavy atom. The molecule has 0 saturated heterocycles. The molecule has 74 valence electrons. The fourth-order valence-corrected chi connectivity index (χ4v) is 1.53. The molecular formula is C8H20O3Si. The minimum atomic E-state index is -0.662. The minimum Gasteiger partial charge on any atom is -0.418 e. The summed E-state index contributed by atoms with van der Waals surface area (Å²) in [6.07, 6.45) is 1.12. The monoisotopic (exact) mass is 192 g/mol. The standard InChI is InChI=1S/C8H20O3Si/c1-7(2)5-6-11-12-8(9-3)10-4/h7-8H,5-6,12H2,1-4H3. The molecule has 0 N–H and O–H groups in total. The summed E-state index contributed by atoms with van der Waals surface area (Å²) in [5, 5.41) is 0. The highest BCUT2D eigenvalue weighted by atomic mass is 28.2. The maximum atomic E-state index is 5.48. The molecule has 0 bridgehead atoms. The van der Waals surface area contributed by atoms with E-state index in [4.69, 9.17) is 13.9 Å². The molecule has 0 fully saturated rings. The topological polar surface area (TPSA) is 27.7 Å². The van der Waals surface area contributed by atoms with Crippen molar-refractivity contribution in [1.82, 2.24) is 0 Å². The zero-order valence-electron chi connectivity index (χ0n) is 8.50. The van der Waals surface area contributed by atoms with E-state index in [2.05, 4.69) is 13.8 Å². The molecule has 0 aromatic rings. The van der Waals surface area contributed by atoms with Crippen LogP contribution in [0.2, 0.25) is 0 Å². The summed E-state index contributed by atoms with van der Waals surface area (Å²) in [7, 11) is 2.63. The summed E-state index contributed by atoms with van der Waals surface area (Å²) in [5.74, 6) is 0.625. The second-order valence-corrected chi connectivity index (χ2v) is 4.57. The summed E-state index contributed by atoms with van der Waals surface area (Å²) in [6, 6.07) is 0. The van der Waals surface area contributed by atoms with E-state index in [0.29, 0.717) is 5.92 Å². The van der Waals surface area contributed by atoms with Gasteiger partial charge in [-0.2, -0.15) is 0 Å². The number of methoxy groups -OCH3 is 2. The van der Waals surface area contributed by atoms with Crippen LogP contribution in [-0.4, -0.2) is 36.5 Å². The molecule has 12 heavy (non-hydrogen) atoms. The average Bonchev–Trinajstić information content (AvgIpc) is 2.04. The second-order valence-electron chi connectivity index (χ2n) is 3.16. The van der Waals surface area contributed by atoms with Gasteiger partial charge in [0.1, 0.15) is 0 Å². The van der Waals surface area contributed by atoms with Crippen LogP contribution in [0.1, 0.15) is 20.3 Å². The van der Waals surface area contributed by atoms with Crippen molar-refractivity contribution in [2.24, 2.45) is 5.92 Å². The van der Waals surface area contributed by atoms with Crippen LogP contribution in [0.25, 0.3) is 0 Å². The van der Waals surface area contributed by atoms with Crippen LogP contribution in [-0.2, 0) is 13.9 Å². The Hall–Kier alpha value is 0.0969. The van der Waals surface area contributed by atoms with Crippen molar-refractivity contribution >= 4 is 9.76 Å². The Balaban J connectivity index is 3.17. The van der Waals surface area contributed by atoms with Gasteiger partial charge in [-0.3, -0.25) is 0 Å². The van der Waals surface area contributed by atoms with Crippen LogP contribution in [0.15, 0.2) is 0 Å². The molecule has 0 radical (unpaired) electrons. The molecule has 0 amide bonds. The van der Waals surface area contributed by atoms with Crippen LogP contribution in [0.5, 0.6) is 0 Å². The lowest BCUT2D eigenvalue weighted by molar-refractivity contribution is -0.0528. The van der Waals surface area contributed by atoms with Crippen molar-refractivity contribution < 1.29 is 13.9 Å². The van der Waals surface area contributed by atoms with Crippen LogP contribution >= 0.6 is 0 Å². The van der Waals surface area contributed by atoms with Crippen molar-refractivity contribution in [2.75, 3.05) is 20.8 Å². The van der Waals surface area contributed by atoms with E-state index >= 15 is 0 Å².